The number of hydrogen-bond acceptors (Lipinski definition) is 4. The number of carbonyl (C=O) groups is 2. The molecule has 0 saturated carbocycles. The lowest BCUT2D eigenvalue weighted by atomic mass is 10.0. The second-order valence-electron chi connectivity index (χ2n) is 5.93. The van der Waals surface area contributed by atoms with Crippen molar-refractivity contribution in [2.24, 2.45) is 5.92 Å². The largest absolute Gasteiger partial charge is 0.462 e. The number of para-hydroxylation sites is 1. The predicted octanol–water partition coefficient (Wildman–Crippen LogP) is 3.19. The summed E-state index contributed by atoms with van der Waals surface area (Å²) in [4.78, 5) is 24.2. The lowest BCUT2D eigenvalue weighted by Crippen LogP contribution is -2.35. The second kappa shape index (κ2) is 9.93. The van der Waals surface area contributed by atoms with E-state index in [0.29, 0.717) is 30.3 Å². The molecule has 6 heteroatoms. The number of hydrogen-bond donors (Lipinski definition) is 2. The highest BCUT2D eigenvalue weighted by atomic mass is 16.5. The molecule has 2 amide bonds. The minimum absolute atomic E-state index is 0.310. The molecule has 1 aromatic rings. The van der Waals surface area contributed by atoms with E-state index in [0.717, 1.165) is 38.9 Å². The first-order chi connectivity index (χ1) is 11.7. The molecule has 1 saturated heterocycles. The second-order valence-corrected chi connectivity index (χ2v) is 5.93. The van der Waals surface area contributed by atoms with Gasteiger partial charge in [-0.25, -0.2) is 9.59 Å². The summed E-state index contributed by atoms with van der Waals surface area (Å²) in [6.45, 7) is 4.53. The fourth-order valence-electron chi connectivity index (χ4n) is 2.51. The molecule has 2 N–H and O–H groups in total. The topological polar surface area (TPSA) is 76.7 Å². The van der Waals surface area contributed by atoms with Crippen molar-refractivity contribution in [1.82, 2.24) is 5.32 Å². The molecule has 24 heavy (non-hydrogen) atoms. The summed E-state index contributed by atoms with van der Waals surface area (Å²) in [7, 11) is 0. The third-order valence-corrected chi connectivity index (χ3v) is 4.02. The lowest BCUT2D eigenvalue weighted by molar-refractivity contribution is 0.0501. The SMILES string of the molecule is CCCCOC(=O)c1ccccc1NC(=O)NCC1CCOCC1. The number of ether oxygens (including phenoxy) is 2. The van der Waals surface area contributed by atoms with Crippen LogP contribution in [0.4, 0.5) is 10.5 Å². The lowest BCUT2D eigenvalue weighted by Gasteiger charge is -2.22. The first-order valence-electron chi connectivity index (χ1n) is 8.59. The Morgan fingerprint density at radius 1 is 1.25 bits per heavy atom. The molecule has 6 nitrogen and oxygen atoms in total. The van der Waals surface area contributed by atoms with Gasteiger partial charge in [0.2, 0.25) is 0 Å². The van der Waals surface area contributed by atoms with Crippen LogP contribution in [0, 0.1) is 5.92 Å². The molecule has 0 atom stereocenters. The molecule has 0 unspecified atom stereocenters. The van der Waals surface area contributed by atoms with Gasteiger partial charge in [-0.3, -0.25) is 0 Å². The zero-order chi connectivity index (χ0) is 17.2. The molecule has 1 aromatic carbocycles. The molecule has 0 aliphatic carbocycles. The van der Waals surface area contributed by atoms with Crippen LogP contribution in [0.1, 0.15) is 43.0 Å². The van der Waals surface area contributed by atoms with E-state index in [-0.39, 0.29) is 6.03 Å². The van der Waals surface area contributed by atoms with Gasteiger partial charge >= 0.3 is 12.0 Å². The van der Waals surface area contributed by atoms with Crippen molar-refractivity contribution in [3.05, 3.63) is 29.8 Å². The van der Waals surface area contributed by atoms with Gasteiger partial charge in [0.25, 0.3) is 0 Å². The summed E-state index contributed by atoms with van der Waals surface area (Å²) in [6, 6.07) is 6.57. The maximum absolute atomic E-state index is 12.1. The molecule has 1 fully saturated rings. The smallest absolute Gasteiger partial charge is 0.340 e. The maximum Gasteiger partial charge on any atom is 0.340 e. The van der Waals surface area contributed by atoms with Crippen LogP contribution in [0.3, 0.4) is 0 Å². The minimum Gasteiger partial charge on any atom is -0.462 e. The van der Waals surface area contributed by atoms with Gasteiger partial charge in [0.1, 0.15) is 0 Å². The van der Waals surface area contributed by atoms with Crippen LogP contribution in [0.5, 0.6) is 0 Å². The molecule has 0 spiro atoms. The average molecular weight is 334 g/mol. The average Bonchev–Trinajstić information content (AvgIpc) is 2.61. The molecule has 0 radical (unpaired) electrons. The van der Waals surface area contributed by atoms with Gasteiger partial charge < -0.3 is 20.1 Å². The summed E-state index contributed by atoms with van der Waals surface area (Å²) in [5.74, 6) is 0.0301. The summed E-state index contributed by atoms with van der Waals surface area (Å²) in [5.41, 5.74) is 0.832. The highest BCUT2D eigenvalue weighted by Crippen LogP contribution is 2.17. The van der Waals surface area contributed by atoms with Crippen molar-refractivity contribution < 1.29 is 19.1 Å². The van der Waals surface area contributed by atoms with E-state index in [1.54, 1.807) is 24.3 Å². The Labute approximate surface area is 142 Å². The Hall–Kier alpha value is -2.08. The molecular weight excluding hydrogens is 308 g/mol. The van der Waals surface area contributed by atoms with Crippen molar-refractivity contribution in [3.8, 4) is 0 Å². The number of rotatable bonds is 7. The van der Waals surface area contributed by atoms with Crippen LogP contribution < -0.4 is 10.6 Å². The van der Waals surface area contributed by atoms with Crippen LogP contribution >= 0.6 is 0 Å². The van der Waals surface area contributed by atoms with Crippen molar-refractivity contribution in [2.45, 2.75) is 32.6 Å². The Balaban J connectivity index is 1.86. The van der Waals surface area contributed by atoms with Gasteiger partial charge in [-0.15, -0.1) is 0 Å². The fourth-order valence-corrected chi connectivity index (χ4v) is 2.51. The highest BCUT2D eigenvalue weighted by Gasteiger charge is 2.17. The first kappa shape index (κ1) is 18.3. The van der Waals surface area contributed by atoms with E-state index in [1.165, 1.54) is 0 Å². The molecule has 1 aliphatic rings. The number of anilines is 1. The molecule has 0 bridgehead atoms. The standard InChI is InChI=1S/C18H26N2O4/c1-2-3-10-24-17(21)15-6-4-5-7-16(15)20-18(22)19-13-14-8-11-23-12-9-14/h4-7,14H,2-3,8-13H2,1H3,(H2,19,20,22). The molecule has 2 rings (SSSR count). The normalized spacial score (nSPS) is 14.9. The van der Waals surface area contributed by atoms with E-state index in [4.69, 9.17) is 9.47 Å². The van der Waals surface area contributed by atoms with Gasteiger partial charge in [-0.05, 0) is 37.3 Å². The number of amides is 2. The summed E-state index contributed by atoms with van der Waals surface area (Å²) >= 11 is 0. The van der Waals surface area contributed by atoms with Gasteiger partial charge in [0, 0.05) is 19.8 Å². The van der Waals surface area contributed by atoms with E-state index >= 15 is 0 Å². The first-order valence-corrected chi connectivity index (χ1v) is 8.59. The number of esters is 1. The minimum atomic E-state index is -0.413. The van der Waals surface area contributed by atoms with Crippen LogP contribution in [0.2, 0.25) is 0 Å². The van der Waals surface area contributed by atoms with Gasteiger partial charge in [-0.1, -0.05) is 25.5 Å². The molecule has 132 valence electrons. The van der Waals surface area contributed by atoms with Crippen molar-refractivity contribution in [1.29, 1.82) is 0 Å². The number of nitrogens with one attached hydrogen (secondary N) is 2. The molecule has 1 heterocycles. The molecular formula is C18H26N2O4. The van der Waals surface area contributed by atoms with E-state index in [9.17, 15) is 9.59 Å². The van der Waals surface area contributed by atoms with Gasteiger partial charge in [-0.2, -0.15) is 0 Å². The van der Waals surface area contributed by atoms with Crippen molar-refractivity contribution in [2.75, 3.05) is 31.7 Å². The third-order valence-electron chi connectivity index (χ3n) is 4.02. The zero-order valence-corrected chi connectivity index (χ0v) is 14.2. The summed E-state index contributed by atoms with van der Waals surface area (Å²) < 4.78 is 10.5. The third kappa shape index (κ3) is 5.85. The zero-order valence-electron chi connectivity index (χ0n) is 14.2. The van der Waals surface area contributed by atoms with E-state index < -0.39 is 5.97 Å². The Morgan fingerprint density at radius 3 is 2.75 bits per heavy atom. The fraction of sp³-hybridized carbons (Fsp3) is 0.556. The van der Waals surface area contributed by atoms with Gasteiger partial charge in [0.05, 0.1) is 17.9 Å². The van der Waals surface area contributed by atoms with Crippen LogP contribution in [-0.4, -0.2) is 38.4 Å². The van der Waals surface area contributed by atoms with Crippen LogP contribution in [-0.2, 0) is 9.47 Å². The van der Waals surface area contributed by atoms with E-state index in [2.05, 4.69) is 10.6 Å². The predicted molar refractivity (Wildman–Crippen MR) is 92.2 cm³/mol. The van der Waals surface area contributed by atoms with E-state index in [1.807, 2.05) is 6.92 Å². The van der Waals surface area contributed by atoms with Gasteiger partial charge in [0.15, 0.2) is 0 Å². The van der Waals surface area contributed by atoms with Crippen molar-refractivity contribution in [3.63, 3.8) is 0 Å². The molecule has 0 aromatic heterocycles. The summed E-state index contributed by atoms with van der Waals surface area (Å²) in [5, 5.41) is 5.60. The Bertz CT molecular complexity index is 542. The molecule has 1 aliphatic heterocycles. The summed E-state index contributed by atoms with van der Waals surface area (Å²) in [6.07, 6.45) is 3.70. The van der Waals surface area contributed by atoms with Crippen LogP contribution in [0.15, 0.2) is 24.3 Å². The number of benzene rings is 1. The Morgan fingerprint density at radius 2 is 2.00 bits per heavy atom. The monoisotopic (exact) mass is 334 g/mol. The maximum atomic E-state index is 12.1. The Kier molecular flexibility index (Phi) is 7.55. The number of unbranched alkanes of at least 4 members (excludes halogenated alkanes) is 1. The van der Waals surface area contributed by atoms with Crippen LogP contribution in [0.25, 0.3) is 0 Å². The number of urea groups is 1. The van der Waals surface area contributed by atoms with Crippen molar-refractivity contribution >= 4 is 17.7 Å². The highest BCUT2D eigenvalue weighted by molar-refractivity contribution is 6.00. The number of carbonyl (C=O) groups excluding carboxylic acids is 2. The quantitative estimate of drug-likeness (QED) is 0.593.